The molecular weight excluding hydrogens is 533 g/mol. The number of hydrogen-bond acceptors (Lipinski definition) is 4. The minimum atomic E-state index is -0.968. The summed E-state index contributed by atoms with van der Waals surface area (Å²) in [5.41, 5.74) is 1.55. The number of carboxylic acid groups (broad SMARTS) is 1. The van der Waals surface area contributed by atoms with Gasteiger partial charge in [0.05, 0.1) is 11.6 Å². The zero-order valence-electron chi connectivity index (χ0n) is 23.3. The Morgan fingerprint density at radius 3 is 2.23 bits per heavy atom. The van der Waals surface area contributed by atoms with Crippen LogP contribution in [-0.2, 0) is 4.79 Å². The molecule has 39 heavy (non-hydrogen) atoms. The summed E-state index contributed by atoms with van der Waals surface area (Å²) in [5, 5.41) is 10.4. The largest absolute Gasteiger partial charge is 0.478 e. The van der Waals surface area contributed by atoms with Crippen molar-refractivity contribution >= 4 is 40.8 Å². The summed E-state index contributed by atoms with van der Waals surface area (Å²) in [7, 11) is 0. The number of unbranched alkanes of at least 4 members (excludes halogenated alkanes) is 1. The first-order valence-electron chi connectivity index (χ1n) is 13.9. The van der Waals surface area contributed by atoms with Crippen LogP contribution in [-0.4, -0.2) is 57.8 Å². The highest BCUT2D eigenvalue weighted by molar-refractivity contribution is 6.47. The molecule has 0 saturated carbocycles. The maximum absolute atomic E-state index is 14.4. The van der Waals surface area contributed by atoms with Crippen LogP contribution in [0, 0.1) is 5.41 Å². The lowest BCUT2D eigenvalue weighted by atomic mass is 9.84. The number of piperidine rings is 1. The van der Waals surface area contributed by atoms with Gasteiger partial charge in [0.15, 0.2) is 0 Å². The highest BCUT2D eigenvalue weighted by atomic mass is 35.5. The normalized spacial score (nSPS) is 18.5. The molecule has 2 aliphatic heterocycles. The summed E-state index contributed by atoms with van der Waals surface area (Å²) in [6.07, 6.45) is 5.39. The zero-order valence-corrected chi connectivity index (χ0v) is 24.9. The number of halogens is 2. The zero-order chi connectivity index (χ0) is 28.4. The van der Waals surface area contributed by atoms with Gasteiger partial charge in [0.2, 0.25) is 0 Å². The number of rotatable bonds is 9. The fourth-order valence-corrected chi connectivity index (χ4v) is 6.18. The molecule has 1 unspecified atom stereocenters. The van der Waals surface area contributed by atoms with Gasteiger partial charge in [-0.2, -0.15) is 0 Å². The predicted octanol–water partition coefficient (Wildman–Crippen LogP) is 7.48. The van der Waals surface area contributed by atoms with Crippen molar-refractivity contribution < 1.29 is 14.7 Å². The Hall–Kier alpha value is -2.41. The molecule has 6 nitrogen and oxygen atoms in total. The van der Waals surface area contributed by atoms with Gasteiger partial charge in [0.25, 0.3) is 5.91 Å². The molecule has 4 rings (SSSR count). The van der Waals surface area contributed by atoms with Crippen LogP contribution in [0.25, 0.3) is 0 Å². The van der Waals surface area contributed by atoms with Crippen molar-refractivity contribution in [3.05, 3.63) is 69.2 Å². The van der Waals surface area contributed by atoms with Crippen molar-refractivity contribution in [3.8, 4) is 0 Å². The Kier molecular flexibility index (Phi) is 9.09. The second-order valence-electron chi connectivity index (χ2n) is 12.0. The van der Waals surface area contributed by atoms with E-state index in [0.717, 1.165) is 63.7 Å². The number of nitrogens with zero attached hydrogens (tertiary/aromatic N) is 3. The van der Waals surface area contributed by atoms with Crippen LogP contribution in [0.4, 0.5) is 0 Å². The van der Waals surface area contributed by atoms with E-state index >= 15 is 0 Å². The molecular formula is C31H39Cl2N3O3. The first-order chi connectivity index (χ1) is 18.4. The third-order valence-electron chi connectivity index (χ3n) is 7.83. The number of carbonyl (C=O) groups is 2. The predicted molar refractivity (Wildman–Crippen MR) is 158 cm³/mol. The van der Waals surface area contributed by atoms with Crippen molar-refractivity contribution in [2.75, 3.05) is 19.6 Å². The van der Waals surface area contributed by atoms with Crippen LogP contribution in [0.5, 0.6) is 0 Å². The van der Waals surface area contributed by atoms with E-state index in [-0.39, 0.29) is 22.9 Å². The van der Waals surface area contributed by atoms with Crippen molar-refractivity contribution in [2.45, 2.75) is 77.9 Å². The number of carboxylic acids is 1. The van der Waals surface area contributed by atoms with Gasteiger partial charge >= 0.3 is 5.97 Å². The van der Waals surface area contributed by atoms with Crippen LogP contribution < -0.4 is 0 Å². The van der Waals surface area contributed by atoms with Crippen LogP contribution in [0.2, 0.25) is 10.0 Å². The SMILES string of the molecule is CCCCN1CCC2(CC1)N=C(c1cc(Cl)cc(Cl)c1)C(=O)N2C(CCC(C)(C)C)c1ccc(C(=O)O)cc1. The summed E-state index contributed by atoms with van der Waals surface area (Å²) in [4.78, 5) is 35.6. The lowest BCUT2D eigenvalue weighted by Crippen LogP contribution is -2.54. The lowest BCUT2D eigenvalue weighted by Gasteiger charge is -2.46. The van der Waals surface area contributed by atoms with Crippen LogP contribution in [0.1, 0.15) is 93.7 Å². The van der Waals surface area contributed by atoms with Crippen molar-refractivity contribution in [1.29, 1.82) is 0 Å². The third-order valence-corrected chi connectivity index (χ3v) is 8.27. The fraction of sp³-hybridized carbons (Fsp3) is 0.516. The molecule has 0 bridgehead atoms. The number of aromatic carboxylic acids is 1. The van der Waals surface area contributed by atoms with Crippen molar-refractivity contribution in [3.63, 3.8) is 0 Å². The lowest BCUT2D eigenvalue weighted by molar-refractivity contribution is -0.133. The molecule has 2 aromatic carbocycles. The number of benzene rings is 2. The van der Waals surface area contributed by atoms with Crippen LogP contribution in [0.3, 0.4) is 0 Å². The number of carbonyl (C=O) groups excluding carboxylic acids is 1. The number of likely N-dealkylation sites (tertiary alicyclic amines) is 1. The Morgan fingerprint density at radius 2 is 1.69 bits per heavy atom. The first kappa shape index (κ1) is 29.6. The van der Waals surface area contributed by atoms with Gasteiger partial charge in [0, 0.05) is 41.5 Å². The van der Waals surface area contributed by atoms with Crippen LogP contribution in [0.15, 0.2) is 47.5 Å². The molecule has 1 atom stereocenters. The van der Waals surface area contributed by atoms with Gasteiger partial charge in [-0.3, -0.25) is 9.79 Å². The Bertz CT molecular complexity index is 1210. The number of amides is 1. The van der Waals surface area contributed by atoms with Gasteiger partial charge in [-0.25, -0.2) is 4.79 Å². The smallest absolute Gasteiger partial charge is 0.335 e. The van der Waals surface area contributed by atoms with E-state index < -0.39 is 11.6 Å². The van der Waals surface area contributed by atoms with Gasteiger partial charge in [-0.15, -0.1) is 0 Å². The molecule has 0 aliphatic carbocycles. The second-order valence-corrected chi connectivity index (χ2v) is 12.9. The number of aliphatic imine (C=N–C) groups is 1. The monoisotopic (exact) mass is 571 g/mol. The maximum atomic E-state index is 14.4. The van der Waals surface area contributed by atoms with E-state index in [1.54, 1.807) is 30.3 Å². The van der Waals surface area contributed by atoms with E-state index in [4.69, 9.17) is 28.2 Å². The van der Waals surface area contributed by atoms with Gasteiger partial charge in [-0.05, 0) is 67.1 Å². The fourth-order valence-electron chi connectivity index (χ4n) is 5.65. The summed E-state index contributed by atoms with van der Waals surface area (Å²) >= 11 is 12.7. The molecule has 1 saturated heterocycles. The Balaban J connectivity index is 1.78. The summed E-state index contributed by atoms with van der Waals surface area (Å²) in [6.45, 7) is 11.6. The maximum Gasteiger partial charge on any atom is 0.335 e. The number of hydrogen-bond donors (Lipinski definition) is 1. The molecule has 1 spiro atoms. The van der Waals surface area contributed by atoms with E-state index in [2.05, 4.69) is 32.6 Å². The highest BCUT2D eigenvalue weighted by Crippen LogP contribution is 2.45. The van der Waals surface area contributed by atoms with E-state index in [9.17, 15) is 14.7 Å². The molecule has 1 N–H and O–H groups in total. The third kappa shape index (κ3) is 6.85. The molecule has 8 heteroatoms. The van der Waals surface area contributed by atoms with Gasteiger partial charge < -0.3 is 14.9 Å². The minimum absolute atomic E-state index is 0.0584. The van der Waals surface area contributed by atoms with E-state index in [1.165, 1.54) is 0 Å². The van der Waals surface area contributed by atoms with Crippen molar-refractivity contribution in [2.24, 2.45) is 10.4 Å². The molecule has 2 aliphatic rings. The van der Waals surface area contributed by atoms with Crippen molar-refractivity contribution in [1.82, 2.24) is 9.80 Å². The Labute approximate surface area is 242 Å². The quantitative estimate of drug-likeness (QED) is 0.338. The average Bonchev–Trinajstić information content (AvgIpc) is 3.14. The van der Waals surface area contributed by atoms with Gasteiger partial charge in [0.1, 0.15) is 11.4 Å². The summed E-state index contributed by atoms with van der Waals surface area (Å²) in [5.74, 6) is -1.10. The van der Waals surface area contributed by atoms with E-state index in [0.29, 0.717) is 21.3 Å². The first-order valence-corrected chi connectivity index (χ1v) is 14.6. The standard InChI is InChI=1S/C31H39Cl2N3O3/c1-5-6-15-35-16-13-31(14-17-35)34-27(23-18-24(32)20-25(33)19-23)28(37)36(31)26(11-12-30(2,3)4)21-7-9-22(10-8-21)29(38)39/h7-10,18-20,26H,5-6,11-17H2,1-4H3,(H,38,39). The summed E-state index contributed by atoms with van der Waals surface area (Å²) in [6, 6.07) is 11.9. The molecule has 0 aromatic heterocycles. The Morgan fingerprint density at radius 1 is 1.08 bits per heavy atom. The van der Waals surface area contributed by atoms with E-state index in [1.807, 2.05) is 17.0 Å². The van der Waals surface area contributed by atoms with Crippen LogP contribution >= 0.6 is 23.2 Å². The molecule has 2 heterocycles. The molecule has 0 radical (unpaired) electrons. The molecule has 210 valence electrons. The summed E-state index contributed by atoms with van der Waals surface area (Å²) < 4.78 is 0. The molecule has 1 fully saturated rings. The second kappa shape index (κ2) is 12.0. The minimum Gasteiger partial charge on any atom is -0.478 e. The molecule has 2 aromatic rings. The highest BCUT2D eigenvalue weighted by Gasteiger charge is 2.51. The van der Waals surface area contributed by atoms with Gasteiger partial charge in [-0.1, -0.05) is 69.5 Å². The topological polar surface area (TPSA) is 73.2 Å². The average molecular weight is 573 g/mol. The molecule has 1 amide bonds.